The summed E-state index contributed by atoms with van der Waals surface area (Å²) in [5.41, 5.74) is 0.168. The molecule has 0 saturated carbocycles. The highest BCUT2D eigenvalue weighted by Crippen LogP contribution is 2.18. The molecule has 1 atom stereocenters. The van der Waals surface area contributed by atoms with Gasteiger partial charge in [0.2, 0.25) is 10.0 Å². The van der Waals surface area contributed by atoms with Crippen molar-refractivity contribution in [2.24, 2.45) is 0 Å². The fourth-order valence-corrected chi connectivity index (χ4v) is 3.81. The summed E-state index contributed by atoms with van der Waals surface area (Å²) >= 11 is 0. The summed E-state index contributed by atoms with van der Waals surface area (Å²) in [7, 11) is -3.69. The summed E-state index contributed by atoms with van der Waals surface area (Å²) in [6.45, 7) is 2.79. The van der Waals surface area contributed by atoms with Crippen molar-refractivity contribution in [3.63, 3.8) is 0 Å². The van der Waals surface area contributed by atoms with E-state index in [2.05, 4.69) is 5.32 Å². The lowest BCUT2D eigenvalue weighted by Gasteiger charge is -2.26. The quantitative estimate of drug-likeness (QED) is 0.758. The van der Waals surface area contributed by atoms with Gasteiger partial charge in [0.1, 0.15) is 0 Å². The lowest BCUT2D eigenvalue weighted by molar-refractivity contribution is -0.137. The van der Waals surface area contributed by atoms with E-state index in [4.69, 9.17) is 9.84 Å². The molecule has 1 amide bonds. The van der Waals surface area contributed by atoms with E-state index in [1.165, 1.54) is 28.6 Å². The number of aliphatic carboxylic acids is 1. The van der Waals surface area contributed by atoms with Crippen molar-refractivity contribution < 1.29 is 27.9 Å². The van der Waals surface area contributed by atoms with Gasteiger partial charge in [0.15, 0.2) is 0 Å². The summed E-state index contributed by atoms with van der Waals surface area (Å²) in [6, 6.07) is 5.15. The van der Waals surface area contributed by atoms with Crippen LogP contribution in [-0.4, -0.2) is 62.1 Å². The van der Waals surface area contributed by atoms with E-state index in [9.17, 15) is 18.0 Å². The number of morpholine rings is 1. The molecule has 2 rings (SSSR count). The van der Waals surface area contributed by atoms with Crippen LogP contribution in [0.15, 0.2) is 29.2 Å². The number of nitrogens with zero attached hydrogens (tertiary/aromatic N) is 1. The van der Waals surface area contributed by atoms with Gasteiger partial charge in [0, 0.05) is 24.7 Å². The normalized spacial score (nSPS) is 17.2. The van der Waals surface area contributed by atoms with E-state index >= 15 is 0 Å². The number of hydrogen-bond donors (Lipinski definition) is 2. The van der Waals surface area contributed by atoms with Crippen LogP contribution in [0, 0.1) is 0 Å². The van der Waals surface area contributed by atoms with Crippen LogP contribution in [0.3, 0.4) is 0 Å². The topological polar surface area (TPSA) is 113 Å². The lowest BCUT2D eigenvalue weighted by Crippen LogP contribution is -2.40. The standard InChI is InChI=1S/C15H20N2O6S/c1-11(9-14(18)19)16-15(20)12-3-2-4-13(10-12)24(21,22)17-5-7-23-8-6-17/h2-4,10-11H,5-9H2,1H3,(H,16,20)(H,18,19). The Bertz CT molecular complexity index is 712. The molecule has 24 heavy (non-hydrogen) atoms. The third-order valence-corrected chi connectivity index (χ3v) is 5.46. The minimum absolute atomic E-state index is 0.0305. The molecule has 0 radical (unpaired) electrons. The van der Waals surface area contributed by atoms with Crippen molar-refractivity contribution in [2.75, 3.05) is 26.3 Å². The van der Waals surface area contributed by atoms with Gasteiger partial charge in [-0.15, -0.1) is 0 Å². The molecule has 9 heteroatoms. The second-order valence-corrected chi connectivity index (χ2v) is 7.45. The second kappa shape index (κ2) is 7.73. The fraction of sp³-hybridized carbons (Fsp3) is 0.467. The summed E-state index contributed by atoms with van der Waals surface area (Å²) < 4.78 is 31.7. The predicted octanol–water partition coefficient (Wildman–Crippen LogP) is 0.301. The van der Waals surface area contributed by atoms with Crippen molar-refractivity contribution in [2.45, 2.75) is 24.3 Å². The first kappa shape index (κ1) is 18.4. The molecule has 8 nitrogen and oxygen atoms in total. The van der Waals surface area contributed by atoms with Crippen LogP contribution in [0.5, 0.6) is 0 Å². The highest BCUT2D eigenvalue weighted by molar-refractivity contribution is 7.89. The average Bonchev–Trinajstić information content (AvgIpc) is 2.55. The monoisotopic (exact) mass is 356 g/mol. The maximum atomic E-state index is 12.6. The van der Waals surface area contributed by atoms with Crippen LogP contribution < -0.4 is 5.32 Å². The van der Waals surface area contributed by atoms with Crippen molar-refractivity contribution >= 4 is 21.9 Å². The first-order valence-corrected chi connectivity index (χ1v) is 8.95. The maximum Gasteiger partial charge on any atom is 0.305 e. The number of carbonyl (C=O) groups excluding carboxylic acids is 1. The van der Waals surface area contributed by atoms with Crippen LogP contribution in [0.4, 0.5) is 0 Å². The lowest BCUT2D eigenvalue weighted by atomic mass is 10.2. The Labute approximate surface area is 140 Å². The third kappa shape index (κ3) is 4.53. The summed E-state index contributed by atoms with van der Waals surface area (Å²) in [6.07, 6.45) is -0.211. The molecule has 1 aromatic rings. The number of amides is 1. The molecule has 0 aromatic heterocycles. The molecule has 1 fully saturated rings. The minimum Gasteiger partial charge on any atom is -0.481 e. The number of hydrogen-bond acceptors (Lipinski definition) is 5. The minimum atomic E-state index is -3.69. The Morgan fingerprint density at radius 2 is 2.00 bits per heavy atom. The summed E-state index contributed by atoms with van der Waals surface area (Å²) in [4.78, 5) is 22.8. The van der Waals surface area contributed by atoms with Crippen molar-refractivity contribution in [1.82, 2.24) is 9.62 Å². The largest absolute Gasteiger partial charge is 0.481 e. The third-order valence-electron chi connectivity index (χ3n) is 3.56. The molecule has 0 spiro atoms. The fourth-order valence-electron chi connectivity index (χ4n) is 2.35. The summed E-state index contributed by atoms with van der Waals surface area (Å²) in [5, 5.41) is 11.3. The van der Waals surface area contributed by atoms with E-state index in [1.807, 2.05) is 0 Å². The van der Waals surface area contributed by atoms with Crippen LogP contribution in [0.25, 0.3) is 0 Å². The second-order valence-electron chi connectivity index (χ2n) is 5.52. The zero-order chi connectivity index (χ0) is 17.7. The number of sulfonamides is 1. The molecular formula is C15H20N2O6S. The van der Waals surface area contributed by atoms with Crippen LogP contribution in [-0.2, 0) is 19.6 Å². The summed E-state index contributed by atoms with van der Waals surface area (Å²) in [5.74, 6) is -1.53. The van der Waals surface area contributed by atoms with E-state index in [0.717, 1.165) is 0 Å². The molecule has 132 valence electrons. The first-order valence-electron chi connectivity index (χ1n) is 7.51. The SMILES string of the molecule is CC(CC(=O)O)NC(=O)c1cccc(S(=O)(=O)N2CCOCC2)c1. The van der Waals surface area contributed by atoms with Gasteiger partial charge in [-0.25, -0.2) is 8.42 Å². The molecule has 1 heterocycles. The Kier molecular flexibility index (Phi) is 5.92. The smallest absolute Gasteiger partial charge is 0.305 e. The Hall–Kier alpha value is -1.97. The molecule has 2 N–H and O–H groups in total. The molecule has 0 bridgehead atoms. The average molecular weight is 356 g/mol. The maximum absolute atomic E-state index is 12.6. The van der Waals surface area contributed by atoms with E-state index < -0.39 is 27.9 Å². The van der Waals surface area contributed by atoms with Gasteiger partial charge < -0.3 is 15.2 Å². The highest BCUT2D eigenvalue weighted by Gasteiger charge is 2.27. The highest BCUT2D eigenvalue weighted by atomic mass is 32.2. The van der Waals surface area contributed by atoms with Crippen molar-refractivity contribution in [1.29, 1.82) is 0 Å². The Morgan fingerprint density at radius 1 is 1.33 bits per heavy atom. The molecule has 1 unspecified atom stereocenters. The Morgan fingerprint density at radius 3 is 2.62 bits per heavy atom. The van der Waals surface area contributed by atoms with Crippen molar-refractivity contribution in [3.05, 3.63) is 29.8 Å². The van der Waals surface area contributed by atoms with Gasteiger partial charge in [-0.05, 0) is 25.1 Å². The molecule has 1 aromatic carbocycles. The molecule has 1 aliphatic rings. The zero-order valence-corrected chi connectivity index (χ0v) is 14.1. The van der Waals surface area contributed by atoms with Gasteiger partial charge >= 0.3 is 5.97 Å². The number of benzene rings is 1. The van der Waals surface area contributed by atoms with Crippen LogP contribution in [0.2, 0.25) is 0 Å². The van der Waals surface area contributed by atoms with E-state index in [1.54, 1.807) is 6.92 Å². The number of rotatable bonds is 6. The first-order chi connectivity index (χ1) is 11.3. The van der Waals surface area contributed by atoms with Gasteiger partial charge in [0.25, 0.3) is 5.91 Å². The van der Waals surface area contributed by atoms with Crippen LogP contribution in [0.1, 0.15) is 23.7 Å². The van der Waals surface area contributed by atoms with Crippen LogP contribution >= 0.6 is 0 Å². The van der Waals surface area contributed by atoms with Gasteiger partial charge in [-0.1, -0.05) is 6.07 Å². The van der Waals surface area contributed by atoms with Gasteiger partial charge in [0.05, 0.1) is 24.5 Å². The molecule has 1 aliphatic heterocycles. The molecule has 1 saturated heterocycles. The number of ether oxygens (including phenoxy) is 1. The number of carbonyl (C=O) groups is 2. The number of nitrogens with one attached hydrogen (secondary N) is 1. The number of carboxylic acid groups (broad SMARTS) is 1. The van der Waals surface area contributed by atoms with Crippen molar-refractivity contribution in [3.8, 4) is 0 Å². The van der Waals surface area contributed by atoms with E-state index in [0.29, 0.717) is 13.2 Å². The molecule has 0 aliphatic carbocycles. The van der Waals surface area contributed by atoms with Gasteiger partial charge in [-0.2, -0.15) is 4.31 Å². The Balaban J connectivity index is 2.16. The van der Waals surface area contributed by atoms with E-state index in [-0.39, 0.29) is 30.0 Å². The zero-order valence-electron chi connectivity index (χ0n) is 13.3. The number of carboxylic acids is 1. The predicted molar refractivity (Wildman–Crippen MR) is 85.2 cm³/mol. The molecular weight excluding hydrogens is 336 g/mol. The van der Waals surface area contributed by atoms with Gasteiger partial charge in [-0.3, -0.25) is 9.59 Å².